The zero-order valence-electron chi connectivity index (χ0n) is 10.0. The monoisotopic (exact) mass is 294 g/mol. The van der Waals surface area contributed by atoms with Crippen molar-refractivity contribution in [3.8, 4) is 0 Å². The molecule has 0 saturated carbocycles. The van der Waals surface area contributed by atoms with Crippen LogP contribution in [0.25, 0.3) is 11.2 Å². The minimum atomic E-state index is 0.572. The Labute approximate surface area is 109 Å². The molecule has 0 bridgehead atoms. The van der Waals surface area contributed by atoms with Crippen molar-refractivity contribution in [3.63, 3.8) is 0 Å². The third-order valence-electron chi connectivity index (χ3n) is 3.32. The molecule has 5 heteroatoms. The average molecular weight is 295 g/mol. The van der Waals surface area contributed by atoms with Gasteiger partial charge in [-0.05, 0) is 35.8 Å². The van der Waals surface area contributed by atoms with Crippen LogP contribution in [0.2, 0.25) is 0 Å². The highest BCUT2D eigenvalue weighted by Crippen LogP contribution is 2.22. The molecule has 0 spiro atoms. The Kier molecular flexibility index (Phi) is 2.67. The molecule has 17 heavy (non-hydrogen) atoms. The first-order valence-electron chi connectivity index (χ1n) is 5.90. The second kappa shape index (κ2) is 4.07. The summed E-state index contributed by atoms with van der Waals surface area (Å²) < 4.78 is 3.22. The van der Waals surface area contributed by atoms with Crippen molar-refractivity contribution in [1.29, 1.82) is 0 Å². The fourth-order valence-corrected chi connectivity index (χ4v) is 2.64. The summed E-state index contributed by atoms with van der Waals surface area (Å²) in [6.07, 6.45) is 1.84. The topological polar surface area (TPSA) is 34.0 Å². The van der Waals surface area contributed by atoms with Crippen molar-refractivity contribution in [2.24, 2.45) is 0 Å². The number of fused-ring (bicyclic) bond motifs is 3. The van der Waals surface area contributed by atoms with Crippen LogP contribution in [-0.4, -0.2) is 32.0 Å². The molecule has 1 aliphatic heterocycles. The maximum Gasteiger partial charge on any atom is 0.160 e. The van der Waals surface area contributed by atoms with Crippen molar-refractivity contribution in [2.75, 3.05) is 6.54 Å². The van der Waals surface area contributed by atoms with Crippen molar-refractivity contribution in [2.45, 2.75) is 33.0 Å². The van der Waals surface area contributed by atoms with Gasteiger partial charge in [0.2, 0.25) is 0 Å². The molecule has 0 aliphatic carbocycles. The molecule has 0 fully saturated rings. The summed E-state index contributed by atoms with van der Waals surface area (Å²) in [7, 11) is 0. The molecule has 3 rings (SSSR count). The standard InChI is InChI=1S/C12H15BrN4/c1-8(2)16-3-4-17-11(7-16)15-10-5-9(13)6-14-12(10)17/h5-6,8H,3-4,7H2,1-2H3. The van der Waals surface area contributed by atoms with Gasteiger partial charge in [-0.25, -0.2) is 9.97 Å². The molecule has 0 saturated heterocycles. The number of imidazole rings is 1. The molecule has 2 aromatic heterocycles. The number of nitrogens with zero attached hydrogens (tertiary/aromatic N) is 4. The van der Waals surface area contributed by atoms with E-state index in [-0.39, 0.29) is 0 Å². The number of halogens is 1. The Bertz CT molecular complexity index is 561. The molecule has 4 nitrogen and oxygen atoms in total. The van der Waals surface area contributed by atoms with Gasteiger partial charge in [0.25, 0.3) is 0 Å². The van der Waals surface area contributed by atoms with Gasteiger partial charge in [-0.15, -0.1) is 0 Å². The van der Waals surface area contributed by atoms with E-state index in [1.807, 2.05) is 12.3 Å². The van der Waals surface area contributed by atoms with Crippen molar-refractivity contribution in [1.82, 2.24) is 19.4 Å². The molecule has 0 atom stereocenters. The van der Waals surface area contributed by atoms with Gasteiger partial charge in [-0.2, -0.15) is 0 Å². The number of aromatic nitrogens is 3. The number of rotatable bonds is 1. The van der Waals surface area contributed by atoms with Gasteiger partial charge in [-0.3, -0.25) is 4.90 Å². The van der Waals surface area contributed by atoms with Crippen LogP contribution in [0, 0.1) is 0 Å². The molecule has 2 aromatic rings. The minimum Gasteiger partial charge on any atom is -0.310 e. The predicted molar refractivity (Wildman–Crippen MR) is 70.8 cm³/mol. The van der Waals surface area contributed by atoms with E-state index in [1.54, 1.807) is 0 Å². The number of hydrogen-bond acceptors (Lipinski definition) is 3. The van der Waals surface area contributed by atoms with Crippen LogP contribution >= 0.6 is 15.9 Å². The Morgan fingerprint density at radius 3 is 2.94 bits per heavy atom. The molecule has 0 radical (unpaired) electrons. The molecule has 0 aromatic carbocycles. The lowest BCUT2D eigenvalue weighted by Gasteiger charge is -2.30. The van der Waals surface area contributed by atoms with Gasteiger partial charge < -0.3 is 4.57 Å². The Morgan fingerprint density at radius 2 is 2.18 bits per heavy atom. The molecule has 1 aliphatic rings. The Morgan fingerprint density at radius 1 is 1.35 bits per heavy atom. The summed E-state index contributed by atoms with van der Waals surface area (Å²) in [6, 6.07) is 2.61. The van der Waals surface area contributed by atoms with E-state index in [0.29, 0.717) is 6.04 Å². The largest absolute Gasteiger partial charge is 0.310 e. The highest BCUT2D eigenvalue weighted by molar-refractivity contribution is 9.10. The zero-order chi connectivity index (χ0) is 12.0. The Balaban J connectivity index is 2.07. The van der Waals surface area contributed by atoms with Crippen LogP contribution in [0.5, 0.6) is 0 Å². The maximum atomic E-state index is 4.68. The normalized spacial score (nSPS) is 16.7. The molecule has 0 N–H and O–H groups in total. The van der Waals surface area contributed by atoms with Gasteiger partial charge in [0.05, 0.1) is 6.54 Å². The van der Waals surface area contributed by atoms with Crippen molar-refractivity contribution in [3.05, 3.63) is 22.6 Å². The first-order valence-corrected chi connectivity index (χ1v) is 6.69. The van der Waals surface area contributed by atoms with E-state index in [2.05, 4.69) is 49.2 Å². The lowest BCUT2D eigenvalue weighted by molar-refractivity contribution is 0.175. The van der Waals surface area contributed by atoms with Crippen molar-refractivity contribution < 1.29 is 0 Å². The summed E-state index contributed by atoms with van der Waals surface area (Å²) in [5.41, 5.74) is 1.99. The first-order chi connectivity index (χ1) is 8.15. The second-order valence-corrected chi connectivity index (χ2v) is 5.66. The van der Waals surface area contributed by atoms with Crippen LogP contribution in [0.4, 0.5) is 0 Å². The molecular formula is C12H15BrN4. The van der Waals surface area contributed by atoms with Gasteiger partial charge >= 0.3 is 0 Å². The van der Waals surface area contributed by atoms with Gasteiger partial charge in [0.15, 0.2) is 5.65 Å². The molecular weight excluding hydrogens is 280 g/mol. The summed E-state index contributed by atoms with van der Waals surface area (Å²) in [5.74, 6) is 1.13. The number of hydrogen-bond donors (Lipinski definition) is 0. The van der Waals surface area contributed by atoms with E-state index >= 15 is 0 Å². The Hall–Kier alpha value is -0.940. The molecule has 90 valence electrons. The fourth-order valence-electron chi connectivity index (χ4n) is 2.32. The minimum absolute atomic E-state index is 0.572. The van der Waals surface area contributed by atoms with Gasteiger partial charge in [0.1, 0.15) is 11.3 Å². The maximum absolute atomic E-state index is 4.68. The highest BCUT2D eigenvalue weighted by atomic mass is 79.9. The smallest absolute Gasteiger partial charge is 0.160 e. The lowest BCUT2D eigenvalue weighted by atomic mass is 10.2. The van der Waals surface area contributed by atoms with Crippen molar-refractivity contribution >= 4 is 27.1 Å². The third-order valence-corrected chi connectivity index (χ3v) is 3.75. The summed E-state index contributed by atoms with van der Waals surface area (Å²) in [5, 5.41) is 0. The van der Waals surface area contributed by atoms with Gasteiger partial charge in [0, 0.05) is 29.8 Å². The van der Waals surface area contributed by atoms with Crippen LogP contribution in [0.15, 0.2) is 16.7 Å². The molecule has 3 heterocycles. The highest BCUT2D eigenvalue weighted by Gasteiger charge is 2.22. The SMILES string of the molecule is CC(C)N1CCn2c(nc3cc(Br)cnc32)C1. The van der Waals surface area contributed by atoms with Crippen LogP contribution < -0.4 is 0 Å². The van der Waals surface area contributed by atoms with Crippen LogP contribution in [0.3, 0.4) is 0 Å². The lowest BCUT2D eigenvalue weighted by Crippen LogP contribution is -2.38. The predicted octanol–water partition coefficient (Wildman–Crippen LogP) is 2.42. The quantitative estimate of drug-likeness (QED) is 0.810. The molecule has 0 amide bonds. The van der Waals surface area contributed by atoms with E-state index in [9.17, 15) is 0 Å². The fraction of sp³-hybridized carbons (Fsp3) is 0.500. The van der Waals surface area contributed by atoms with Gasteiger partial charge in [-0.1, -0.05) is 0 Å². The van der Waals surface area contributed by atoms with E-state index in [4.69, 9.17) is 0 Å². The summed E-state index contributed by atoms with van der Waals surface area (Å²) >= 11 is 3.44. The zero-order valence-corrected chi connectivity index (χ0v) is 11.6. The summed E-state index contributed by atoms with van der Waals surface area (Å²) in [6.45, 7) is 7.44. The third kappa shape index (κ3) is 1.87. The average Bonchev–Trinajstić information content (AvgIpc) is 2.64. The van der Waals surface area contributed by atoms with E-state index in [0.717, 1.165) is 41.1 Å². The van der Waals surface area contributed by atoms with Crippen LogP contribution in [-0.2, 0) is 13.1 Å². The van der Waals surface area contributed by atoms with Crippen LogP contribution in [0.1, 0.15) is 19.7 Å². The first kappa shape index (κ1) is 11.2. The van der Waals surface area contributed by atoms with E-state index in [1.165, 1.54) is 0 Å². The second-order valence-electron chi connectivity index (χ2n) is 4.74. The van der Waals surface area contributed by atoms with E-state index < -0.39 is 0 Å². The molecule has 0 unspecified atom stereocenters. The number of pyridine rings is 1. The summed E-state index contributed by atoms with van der Waals surface area (Å²) in [4.78, 5) is 11.6.